The van der Waals surface area contributed by atoms with E-state index in [-0.39, 0.29) is 5.75 Å². The lowest BCUT2D eigenvalue weighted by atomic mass is 10.6. The zero-order chi connectivity index (χ0) is 9.14. The highest BCUT2D eigenvalue weighted by molar-refractivity contribution is 14.1. The molecule has 1 aromatic rings. The van der Waals surface area contributed by atoms with Crippen LogP contribution in [0.15, 0.2) is 0 Å². The van der Waals surface area contributed by atoms with E-state index in [2.05, 4.69) is 32.8 Å². The number of alkyl halides is 1. The summed E-state index contributed by atoms with van der Waals surface area (Å²) >= 11 is 0.0574. The first kappa shape index (κ1) is 10.1. The molecule has 1 rings (SSSR count). The van der Waals surface area contributed by atoms with Gasteiger partial charge in [-0.05, 0) is 11.1 Å². The maximum absolute atomic E-state index is 10.3. The van der Waals surface area contributed by atoms with Crippen molar-refractivity contribution < 1.29 is 8.76 Å². The van der Waals surface area contributed by atoms with Crippen molar-refractivity contribution in [2.75, 3.05) is 0 Å². The fraction of sp³-hybridized carbons (Fsp3) is 0.600. The predicted molar refractivity (Wildman–Crippen MR) is 51.4 cm³/mol. The summed E-state index contributed by atoms with van der Waals surface area (Å²) in [6.07, 6.45) is 0. The summed E-state index contributed by atoms with van der Waals surface area (Å²) in [5, 5.41) is 7.56. The number of aromatic nitrogens is 3. The standard InChI is InChI=1S/C5H8IN3O2S/c1-9-4(2-6)7-8-5(9)3-12(10)11/h2-3H2,1H3,(H,10,11)/p-1. The van der Waals surface area contributed by atoms with Crippen LogP contribution < -0.4 is 0 Å². The SMILES string of the molecule is Cn1c(CI)nnc1CS(=O)[O-]. The van der Waals surface area contributed by atoms with Crippen LogP contribution in [0.1, 0.15) is 11.6 Å². The maximum atomic E-state index is 10.3. The van der Waals surface area contributed by atoms with Crippen molar-refractivity contribution >= 4 is 33.7 Å². The highest BCUT2D eigenvalue weighted by atomic mass is 127. The van der Waals surface area contributed by atoms with Gasteiger partial charge in [0.2, 0.25) is 0 Å². The topological polar surface area (TPSA) is 70.8 Å². The number of hydrogen-bond acceptors (Lipinski definition) is 4. The van der Waals surface area contributed by atoms with Crippen molar-refractivity contribution in [2.24, 2.45) is 7.05 Å². The summed E-state index contributed by atoms with van der Waals surface area (Å²) < 4.78 is 23.1. The minimum atomic E-state index is -2.09. The third-order valence-electron chi connectivity index (χ3n) is 1.42. The molecule has 7 heteroatoms. The van der Waals surface area contributed by atoms with E-state index in [1.807, 2.05) is 0 Å². The van der Waals surface area contributed by atoms with Gasteiger partial charge in [0.15, 0.2) is 0 Å². The zero-order valence-electron chi connectivity index (χ0n) is 6.36. The van der Waals surface area contributed by atoms with Gasteiger partial charge in [0.25, 0.3) is 0 Å². The molecule has 0 aliphatic heterocycles. The van der Waals surface area contributed by atoms with E-state index in [1.165, 1.54) is 0 Å². The molecule has 12 heavy (non-hydrogen) atoms. The molecule has 1 aromatic heterocycles. The fourth-order valence-corrected chi connectivity index (χ4v) is 1.87. The van der Waals surface area contributed by atoms with Gasteiger partial charge in [0, 0.05) is 7.05 Å². The first-order chi connectivity index (χ1) is 5.65. The lowest BCUT2D eigenvalue weighted by Crippen LogP contribution is -2.04. The molecule has 0 aliphatic rings. The van der Waals surface area contributed by atoms with Gasteiger partial charge in [0.1, 0.15) is 11.6 Å². The minimum absolute atomic E-state index is 0.0693. The molecule has 0 spiro atoms. The molecule has 0 aliphatic carbocycles. The maximum Gasteiger partial charge on any atom is 0.144 e. The molecule has 5 nitrogen and oxygen atoms in total. The van der Waals surface area contributed by atoms with Gasteiger partial charge in [-0.3, -0.25) is 4.21 Å². The number of nitrogens with zero attached hydrogens (tertiary/aromatic N) is 3. The lowest BCUT2D eigenvalue weighted by Gasteiger charge is -2.03. The average Bonchev–Trinajstić information content (AvgIpc) is 2.32. The molecule has 0 amide bonds. The van der Waals surface area contributed by atoms with Gasteiger partial charge in [-0.2, -0.15) is 0 Å². The van der Waals surface area contributed by atoms with E-state index in [1.54, 1.807) is 11.6 Å². The Morgan fingerprint density at radius 2 is 2.17 bits per heavy atom. The summed E-state index contributed by atoms with van der Waals surface area (Å²) in [6, 6.07) is 0. The van der Waals surface area contributed by atoms with E-state index in [9.17, 15) is 8.76 Å². The molecule has 0 aromatic carbocycles. The Bertz CT molecular complexity index is 301. The molecule has 0 fully saturated rings. The van der Waals surface area contributed by atoms with Crippen molar-refractivity contribution in [3.8, 4) is 0 Å². The highest BCUT2D eigenvalue weighted by Crippen LogP contribution is 2.05. The van der Waals surface area contributed by atoms with E-state index in [0.717, 1.165) is 10.3 Å². The average molecular weight is 300 g/mol. The van der Waals surface area contributed by atoms with Crippen LogP contribution >= 0.6 is 22.6 Å². The molecule has 1 heterocycles. The molecule has 1 atom stereocenters. The second-order valence-electron chi connectivity index (χ2n) is 2.17. The van der Waals surface area contributed by atoms with Crippen LogP contribution in [0.3, 0.4) is 0 Å². The molecule has 0 bridgehead atoms. The van der Waals surface area contributed by atoms with E-state index in [0.29, 0.717) is 5.82 Å². The Kier molecular flexibility index (Phi) is 3.59. The Balaban J connectivity index is 2.87. The fourth-order valence-electron chi connectivity index (χ4n) is 0.746. The molecule has 0 saturated heterocycles. The molecular weight excluding hydrogens is 293 g/mol. The molecule has 1 unspecified atom stereocenters. The Labute approximate surface area is 86.0 Å². The molecular formula is C5H7IN3O2S-. The number of hydrogen-bond donors (Lipinski definition) is 0. The summed E-state index contributed by atoms with van der Waals surface area (Å²) in [6.45, 7) is 0. The highest BCUT2D eigenvalue weighted by Gasteiger charge is 2.06. The van der Waals surface area contributed by atoms with Crippen molar-refractivity contribution in [3.05, 3.63) is 11.6 Å². The van der Waals surface area contributed by atoms with Crippen LogP contribution in [0.4, 0.5) is 0 Å². The van der Waals surface area contributed by atoms with Crippen LogP contribution in [-0.2, 0) is 28.3 Å². The van der Waals surface area contributed by atoms with Crippen molar-refractivity contribution in [1.82, 2.24) is 14.8 Å². The third-order valence-corrected chi connectivity index (χ3v) is 2.60. The van der Waals surface area contributed by atoms with Crippen LogP contribution in [0.25, 0.3) is 0 Å². The first-order valence-corrected chi connectivity index (χ1v) is 5.91. The van der Waals surface area contributed by atoms with Crippen molar-refractivity contribution in [1.29, 1.82) is 0 Å². The normalized spacial score (nSPS) is 13.2. The largest absolute Gasteiger partial charge is 0.772 e. The van der Waals surface area contributed by atoms with Gasteiger partial charge in [-0.1, -0.05) is 22.6 Å². The van der Waals surface area contributed by atoms with Crippen molar-refractivity contribution in [3.63, 3.8) is 0 Å². The van der Waals surface area contributed by atoms with E-state index in [4.69, 9.17) is 0 Å². The molecule has 0 radical (unpaired) electrons. The summed E-state index contributed by atoms with van der Waals surface area (Å²) in [4.78, 5) is 0. The smallest absolute Gasteiger partial charge is 0.144 e. The van der Waals surface area contributed by atoms with E-state index >= 15 is 0 Å². The van der Waals surface area contributed by atoms with Gasteiger partial charge in [-0.25, -0.2) is 0 Å². The Morgan fingerprint density at radius 1 is 1.58 bits per heavy atom. The second-order valence-corrected chi connectivity index (χ2v) is 3.83. The van der Waals surface area contributed by atoms with Gasteiger partial charge in [0.05, 0.1) is 10.2 Å². The Morgan fingerprint density at radius 3 is 2.58 bits per heavy atom. The quantitative estimate of drug-likeness (QED) is 0.452. The zero-order valence-corrected chi connectivity index (χ0v) is 9.33. The van der Waals surface area contributed by atoms with Crippen LogP contribution in [0.2, 0.25) is 0 Å². The summed E-state index contributed by atoms with van der Waals surface area (Å²) in [5.41, 5.74) is 0. The molecule has 0 saturated carbocycles. The predicted octanol–water partition coefficient (Wildman–Crippen LogP) is 0.129. The third kappa shape index (κ3) is 2.23. The van der Waals surface area contributed by atoms with E-state index < -0.39 is 11.1 Å². The number of halogens is 1. The monoisotopic (exact) mass is 300 g/mol. The van der Waals surface area contributed by atoms with Gasteiger partial charge >= 0.3 is 0 Å². The number of rotatable bonds is 3. The molecule has 68 valence electrons. The van der Waals surface area contributed by atoms with Crippen molar-refractivity contribution in [2.45, 2.75) is 10.2 Å². The summed E-state index contributed by atoms with van der Waals surface area (Å²) in [5.74, 6) is 1.20. The first-order valence-electron chi connectivity index (χ1n) is 3.14. The van der Waals surface area contributed by atoms with Gasteiger partial charge in [-0.15, -0.1) is 10.2 Å². The van der Waals surface area contributed by atoms with Gasteiger partial charge < -0.3 is 9.12 Å². The second kappa shape index (κ2) is 4.28. The van der Waals surface area contributed by atoms with Crippen LogP contribution in [-0.4, -0.2) is 23.5 Å². The molecule has 0 N–H and O–H groups in total. The van der Waals surface area contributed by atoms with Crippen LogP contribution in [0, 0.1) is 0 Å². The van der Waals surface area contributed by atoms with Crippen LogP contribution in [0.5, 0.6) is 0 Å². The minimum Gasteiger partial charge on any atom is -0.772 e. The Hall–Kier alpha value is -0.0200. The lowest BCUT2D eigenvalue weighted by molar-refractivity contribution is 0.533. The summed E-state index contributed by atoms with van der Waals surface area (Å²) in [7, 11) is 1.76.